The maximum Gasteiger partial charge on any atom is 0.243 e. The third-order valence-corrected chi connectivity index (χ3v) is 5.14. The molecular formula is C18H19ClN2OS. The van der Waals surface area contributed by atoms with Crippen LogP contribution in [0.25, 0.3) is 0 Å². The number of carbonyl (C=O) groups excluding carboxylic acids is 1. The summed E-state index contributed by atoms with van der Waals surface area (Å²) >= 11 is 7.65. The monoisotopic (exact) mass is 346 g/mol. The smallest absolute Gasteiger partial charge is 0.243 e. The van der Waals surface area contributed by atoms with Crippen molar-refractivity contribution in [2.75, 3.05) is 0 Å². The molecule has 1 atom stereocenters. The Balaban J connectivity index is 1.88. The average Bonchev–Trinajstić information content (AvgIpc) is 3.22. The van der Waals surface area contributed by atoms with E-state index in [1.807, 2.05) is 35.7 Å². The van der Waals surface area contributed by atoms with Gasteiger partial charge in [-0.3, -0.25) is 4.79 Å². The number of rotatable bonds is 5. The predicted octanol–water partition coefficient (Wildman–Crippen LogP) is 5.27. The molecule has 0 saturated heterocycles. The standard InChI is InChI=1S/C18H19ClN2OS/c1-2-3-6-18(22)21-16(13-7-9-14(19)10-8-13)12-15(20-21)17-5-4-11-23-17/h4-5,7-11,16H,2-3,6,12H2,1H3. The number of amides is 1. The Hall–Kier alpha value is -1.65. The molecule has 0 fully saturated rings. The van der Waals surface area contributed by atoms with Gasteiger partial charge in [-0.25, -0.2) is 5.01 Å². The van der Waals surface area contributed by atoms with Crippen LogP contribution >= 0.6 is 22.9 Å². The van der Waals surface area contributed by atoms with E-state index in [9.17, 15) is 4.79 Å². The molecule has 0 aliphatic carbocycles. The van der Waals surface area contributed by atoms with E-state index >= 15 is 0 Å². The van der Waals surface area contributed by atoms with E-state index in [2.05, 4.69) is 18.1 Å². The van der Waals surface area contributed by atoms with Gasteiger partial charge in [-0.05, 0) is 35.6 Å². The Labute approximate surface area is 145 Å². The van der Waals surface area contributed by atoms with E-state index in [-0.39, 0.29) is 11.9 Å². The van der Waals surface area contributed by atoms with Crippen molar-refractivity contribution in [3.05, 3.63) is 57.2 Å². The molecule has 0 N–H and O–H groups in total. The molecule has 3 rings (SSSR count). The third kappa shape index (κ3) is 3.65. The van der Waals surface area contributed by atoms with Gasteiger partial charge < -0.3 is 0 Å². The van der Waals surface area contributed by atoms with E-state index in [1.54, 1.807) is 16.3 Å². The van der Waals surface area contributed by atoms with Crippen molar-refractivity contribution in [2.24, 2.45) is 5.10 Å². The molecular weight excluding hydrogens is 328 g/mol. The van der Waals surface area contributed by atoms with Gasteiger partial charge in [0.05, 0.1) is 16.6 Å². The lowest BCUT2D eigenvalue weighted by molar-refractivity contribution is -0.133. The number of unbranched alkanes of at least 4 members (excludes halogenated alkanes) is 1. The molecule has 2 heterocycles. The molecule has 23 heavy (non-hydrogen) atoms. The fraction of sp³-hybridized carbons (Fsp3) is 0.333. The number of halogens is 1. The van der Waals surface area contributed by atoms with Gasteiger partial charge in [-0.15, -0.1) is 11.3 Å². The Kier molecular flexibility index (Phi) is 5.13. The summed E-state index contributed by atoms with van der Waals surface area (Å²) in [7, 11) is 0. The van der Waals surface area contributed by atoms with E-state index in [4.69, 9.17) is 11.6 Å². The van der Waals surface area contributed by atoms with Crippen molar-refractivity contribution in [1.82, 2.24) is 5.01 Å². The van der Waals surface area contributed by atoms with Crippen LogP contribution in [0.4, 0.5) is 0 Å². The number of hydrazone groups is 1. The first kappa shape index (κ1) is 16.2. The second-order valence-corrected chi connectivity index (χ2v) is 7.02. The molecule has 3 nitrogen and oxygen atoms in total. The van der Waals surface area contributed by atoms with Crippen LogP contribution in [-0.4, -0.2) is 16.6 Å². The molecule has 1 aromatic heterocycles. The number of hydrogen-bond donors (Lipinski definition) is 0. The summed E-state index contributed by atoms with van der Waals surface area (Å²) < 4.78 is 0. The lowest BCUT2D eigenvalue weighted by Crippen LogP contribution is -2.26. The number of hydrogen-bond acceptors (Lipinski definition) is 3. The van der Waals surface area contributed by atoms with Gasteiger partial charge in [-0.1, -0.05) is 43.1 Å². The van der Waals surface area contributed by atoms with Crippen molar-refractivity contribution in [2.45, 2.75) is 38.6 Å². The van der Waals surface area contributed by atoms with Gasteiger partial charge in [0, 0.05) is 17.9 Å². The van der Waals surface area contributed by atoms with Crippen LogP contribution in [0.15, 0.2) is 46.9 Å². The molecule has 1 aromatic carbocycles. The molecule has 0 saturated carbocycles. The number of thiophene rings is 1. The zero-order valence-corrected chi connectivity index (χ0v) is 14.6. The molecule has 2 aromatic rings. The van der Waals surface area contributed by atoms with Crippen LogP contribution < -0.4 is 0 Å². The summed E-state index contributed by atoms with van der Waals surface area (Å²) in [6, 6.07) is 11.8. The third-order valence-electron chi connectivity index (χ3n) is 3.97. The minimum atomic E-state index is -0.0336. The topological polar surface area (TPSA) is 32.7 Å². The number of benzene rings is 1. The van der Waals surface area contributed by atoms with Gasteiger partial charge in [0.15, 0.2) is 0 Å². The van der Waals surface area contributed by atoms with Gasteiger partial charge in [0.25, 0.3) is 0 Å². The Morgan fingerprint density at radius 3 is 2.78 bits per heavy atom. The highest BCUT2D eigenvalue weighted by molar-refractivity contribution is 7.12. The lowest BCUT2D eigenvalue weighted by Gasteiger charge is -2.22. The van der Waals surface area contributed by atoms with Crippen molar-refractivity contribution in [1.29, 1.82) is 0 Å². The summed E-state index contributed by atoms with van der Waals surface area (Å²) in [5.41, 5.74) is 2.07. The second kappa shape index (κ2) is 7.28. The molecule has 1 aliphatic rings. The van der Waals surface area contributed by atoms with Crippen molar-refractivity contribution in [3.8, 4) is 0 Å². The molecule has 1 unspecified atom stereocenters. The molecule has 1 amide bonds. The van der Waals surface area contributed by atoms with Crippen LogP contribution in [0.2, 0.25) is 5.02 Å². The first-order valence-electron chi connectivity index (χ1n) is 7.88. The predicted molar refractivity (Wildman–Crippen MR) is 96.0 cm³/mol. The summed E-state index contributed by atoms with van der Waals surface area (Å²) in [5, 5.41) is 9.06. The highest BCUT2D eigenvalue weighted by Gasteiger charge is 2.32. The van der Waals surface area contributed by atoms with Crippen LogP contribution in [0.3, 0.4) is 0 Å². The van der Waals surface area contributed by atoms with Crippen molar-refractivity contribution < 1.29 is 4.79 Å². The normalized spacial score (nSPS) is 17.4. The first-order valence-corrected chi connectivity index (χ1v) is 9.13. The fourth-order valence-electron chi connectivity index (χ4n) is 2.72. The summed E-state index contributed by atoms with van der Waals surface area (Å²) in [6.07, 6.45) is 3.20. The van der Waals surface area contributed by atoms with Crippen molar-refractivity contribution in [3.63, 3.8) is 0 Å². The lowest BCUT2D eigenvalue weighted by atomic mass is 10.0. The largest absolute Gasteiger partial charge is 0.273 e. The van der Waals surface area contributed by atoms with E-state index in [1.165, 1.54) is 0 Å². The first-order chi connectivity index (χ1) is 11.2. The molecule has 0 bridgehead atoms. The average molecular weight is 347 g/mol. The van der Waals surface area contributed by atoms with E-state index in [0.29, 0.717) is 11.4 Å². The van der Waals surface area contributed by atoms with Gasteiger partial charge in [0.1, 0.15) is 0 Å². The minimum Gasteiger partial charge on any atom is -0.273 e. The summed E-state index contributed by atoms with van der Waals surface area (Å²) in [6.45, 7) is 2.09. The van der Waals surface area contributed by atoms with Crippen LogP contribution in [0.1, 0.15) is 49.1 Å². The fourth-order valence-corrected chi connectivity index (χ4v) is 3.57. The van der Waals surface area contributed by atoms with Crippen LogP contribution in [-0.2, 0) is 4.79 Å². The summed E-state index contributed by atoms with van der Waals surface area (Å²) in [4.78, 5) is 13.7. The molecule has 5 heteroatoms. The van der Waals surface area contributed by atoms with Crippen LogP contribution in [0.5, 0.6) is 0 Å². The second-order valence-electron chi connectivity index (χ2n) is 5.64. The molecule has 1 aliphatic heterocycles. The SMILES string of the molecule is CCCCC(=O)N1N=C(c2cccs2)CC1c1ccc(Cl)cc1. The Morgan fingerprint density at radius 2 is 2.13 bits per heavy atom. The minimum absolute atomic E-state index is 0.0336. The maximum absolute atomic E-state index is 12.6. The molecule has 120 valence electrons. The Morgan fingerprint density at radius 1 is 1.35 bits per heavy atom. The van der Waals surface area contributed by atoms with E-state index < -0.39 is 0 Å². The highest BCUT2D eigenvalue weighted by Crippen LogP contribution is 2.34. The Bertz CT molecular complexity index is 694. The van der Waals surface area contributed by atoms with Crippen LogP contribution in [0, 0.1) is 0 Å². The number of nitrogens with zero attached hydrogens (tertiary/aromatic N) is 2. The summed E-state index contributed by atoms with van der Waals surface area (Å²) in [5.74, 6) is 0.0957. The zero-order chi connectivity index (χ0) is 16.2. The quantitative estimate of drug-likeness (QED) is 0.725. The van der Waals surface area contributed by atoms with Gasteiger partial charge in [0.2, 0.25) is 5.91 Å². The maximum atomic E-state index is 12.6. The van der Waals surface area contributed by atoms with E-state index in [0.717, 1.165) is 35.4 Å². The zero-order valence-electron chi connectivity index (χ0n) is 13.0. The number of carbonyl (C=O) groups is 1. The highest BCUT2D eigenvalue weighted by atomic mass is 35.5. The molecule has 0 spiro atoms. The van der Waals surface area contributed by atoms with Gasteiger partial charge >= 0.3 is 0 Å². The van der Waals surface area contributed by atoms with Crippen molar-refractivity contribution >= 4 is 34.6 Å². The van der Waals surface area contributed by atoms with Gasteiger partial charge in [-0.2, -0.15) is 5.10 Å². The molecule has 0 radical (unpaired) electrons.